The summed E-state index contributed by atoms with van der Waals surface area (Å²) in [6.45, 7) is 5.99. The van der Waals surface area contributed by atoms with E-state index in [1.165, 1.54) is 12.1 Å². The Morgan fingerprint density at radius 3 is 2.12 bits per heavy atom. The molecule has 8 heteroatoms. The topological polar surface area (TPSA) is 61.8 Å². The Kier molecular flexibility index (Phi) is 6.04. The van der Waals surface area contributed by atoms with Gasteiger partial charge in [0.2, 0.25) is 0 Å². The van der Waals surface area contributed by atoms with E-state index in [0.29, 0.717) is 18.4 Å². The van der Waals surface area contributed by atoms with Gasteiger partial charge in [0.15, 0.2) is 0 Å². The molecular weight excluding hydrogens is 443 g/mol. The van der Waals surface area contributed by atoms with Crippen LogP contribution >= 0.6 is 0 Å². The van der Waals surface area contributed by atoms with Crippen LogP contribution in [0.2, 0.25) is 0 Å². The normalized spacial score (nSPS) is 21.6. The third-order valence-electron chi connectivity index (χ3n) is 6.47. The van der Waals surface area contributed by atoms with E-state index in [1.807, 2.05) is 26.1 Å². The van der Waals surface area contributed by atoms with Crippen LogP contribution < -0.4 is 5.32 Å². The number of halogens is 3. The lowest BCUT2D eigenvalue weighted by molar-refractivity contribution is -0.196. The molecule has 0 unspecified atom stereocenters. The van der Waals surface area contributed by atoms with Gasteiger partial charge in [-0.15, -0.1) is 0 Å². The number of carbonyl (C=O) groups excluding carboxylic acids is 2. The van der Waals surface area contributed by atoms with E-state index >= 15 is 0 Å². The van der Waals surface area contributed by atoms with Crippen molar-refractivity contribution in [1.29, 1.82) is 0 Å². The highest BCUT2D eigenvalue weighted by molar-refractivity contribution is 6.17. The van der Waals surface area contributed by atoms with Crippen molar-refractivity contribution in [1.82, 2.24) is 10.2 Å². The molecule has 0 saturated heterocycles. The molecule has 1 fully saturated rings. The average molecular weight is 472 g/mol. The minimum Gasteiger partial charge on any atom is -0.312 e. The minimum atomic E-state index is -5.13. The molecule has 1 aliphatic carbocycles. The first kappa shape index (κ1) is 24.0. The molecule has 1 atom stereocenters. The third-order valence-corrected chi connectivity index (χ3v) is 6.47. The monoisotopic (exact) mass is 471 g/mol. The van der Waals surface area contributed by atoms with Crippen molar-refractivity contribution in [2.75, 3.05) is 0 Å². The Hall–Kier alpha value is -3.16. The van der Waals surface area contributed by atoms with Gasteiger partial charge in [-0.25, -0.2) is 4.99 Å². The fourth-order valence-electron chi connectivity index (χ4n) is 4.52. The van der Waals surface area contributed by atoms with Crippen LogP contribution in [0.5, 0.6) is 0 Å². The van der Waals surface area contributed by atoms with Crippen LogP contribution in [-0.2, 0) is 10.2 Å². The number of carbonyl (C=O) groups is 2. The minimum absolute atomic E-state index is 0.0280. The van der Waals surface area contributed by atoms with Crippen LogP contribution in [0.3, 0.4) is 0 Å². The molecule has 4 rings (SSSR count). The van der Waals surface area contributed by atoms with Crippen molar-refractivity contribution in [3.8, 4) is 0 Å². The molecule has 0 bridgehead atoms. The summed E-state index contributed by atoms with van der Waals surface area (Å²) in [4.78, 5) is 31.5. The van der Waals surface area contributed by atoms with Crippen LogP contribution in [0.15, 0.2) is 59.6 Å². The fraction of sp³-hybridized carbons (Fsp3) is 0.423. The third kappa shape index (κ3) is 4.21. The standard InChI is InChI=1S/C26H28F3N3O2/c1-24(2,3)19-15-13-18(14-16-19)22(33)31-25(26(27,28)29)23(34)32(20-11-7-8-12-20)21(30-25)17-9-5-4-6-10-17/h4-6,9-10,13-16,20H,7-8,11-12H2,1-3H3,(H,31,33)/t25-/m0/s1. The van der Waals surface area contributed by atoms with Gasteiger partial charge >= 0.3 is 11.8 Å². The van der Waals surface area contributed by atoms with E-state index in [0.717, 1.165) is 23.3 Å². The maximum Gasteiger partial charge on any atom is 0.442 e. The second-order valence-corrected chi connectivity index (χ2v) is 9.90. The van der Waals surface area contributed by atoms with E-state index in [4.69, 9.17) is 0 Å². The van der Waals surface area contributed by atoms with Crippen molar-refractivity contribution in [2.24, 2.45) is 4.99 Å². The van der Waals surface area contributed by atoms with Crippen molar-refractivity contribution in [3.63, 3.8) is 0 Å². The second-order valence-electron chi connectivity index (χ2n) is 9.90. The molecule has 5 nitrogen and oxygen atoms in total. The number of nitrogens with one attached hydrogen (secondary N) is 1. The molecule has 0 aromatic heterocycles. The van der Waals surface area contributed by atoms with E-state index in [9.17, 15) is 22.8 Å². The summed E-state index contributed by atoms with van der Waals surface area (Å²) in [6.07, 6.45) is -2.30. The highest BCUT2D eigenvalue weighted by Gasteiger charge is 2.68. The number of rotatable bonds is 4. The molecular formula is C26H28F3N3O2. The van der Waals surface area contributed by atoms with Gasteiger partial charge in [-0.2, -0.15) is 13.2 Å². The maximum absolute atomic E-state index is 14.5. The number of amidine groups is 1. The SMILES string of the molecule is CC(C)(C)c1ccc(C(=O)N[C@@]2(C(F)(F)F)N=C(c3ccccc3)N(C3CCCC3)C2=O)cc1. The first-order valence-electron chi connectivity index (χ1n) is 11.4. The van der Waals surface area contributed by atoms with Gasteiger partial charge in [0.1, 0.15) is 5.84 Å². The van der Waals surface area contributed by atoms with Gasteiger partial charge in [-0.05, 0) is 36.0 Å². The van der Waals surface area contributed by atoms with Crippen LogP contribution in [0.4, 0.5) is 13.2 Å². The summed E-state index contributed by atoms with van der Waals surface area (Å²) in [7, 11) is 0. The number of nitrogens with zero attached hydrogens (tertiary/aromatic N) is 2. The molecule has 0 radical (unpaired) electrons. The highest BCUT2D eigenvalue weighted by atomic mass is 19.4. The molecule has 2 aliphatic rings. The largest absolute Gasteiger partial charge is 0.442 e. The summed E-state index contributed by atoms with van der Waals surface area (Å²) < 4.78 is 43.6. The second kappa shape index (κ2) is 8.56. The molecule has 1 saturated carbocycles. The quantitative estimate of drug-likeness (QED) is 0.666. The number of alkyl halides is 3. The van der Waals surface area contributed by atoms with Crippen LogP contribution in [0.25, 0.3) is 0 Å². The molecule has 34 heavy (non-hydrogen) atoms. The summed E-state index contributed by atoms with van der Waals surface area (Å²) in [5.74, 6) is -2.32. The Morgan fingerprint density at radius 2 is 1.59 bits per heavy atom. The predicted octanol–water partition coefficient (Wildman–Crippen LogP) is 5.20. The van der Waals surface area contributed by atoms with Crippen LogP contribution in [0, 0.1) is 0 Å². The zero-order chi connectivity index (χ0) is 24.7. The predicted molar refractivity (Wildman–Crippen MR) is 123 cm³/mol. The average Bonchev–Trinajstić information content (AvgIpc) is 3.40. The summed E-state index contributed by atoms with van der Waals surface area (Å²) in [5, 5.41) is 1.97. The Labute approximate surface area is 197 Å². The lowest BCUT2D eigenvalue weighted by atomic mass is 9.86. The number of aliphatic imine (C=N–C) groups is 1. The van der Waals surface area contributed by atoms with Crippen LogP contribution in [0.1, 0.15) is 67.9 Å². The van der Waals surface area contributed by atoms with Gasteiger partial charge in [-0.1, -0.05) is 76.1 Å². The molecule has 2 aromatic rings. The molecule has 2 aromatic carbocycles. The lowest BCUT2D eigenvalue weighted by Crippen LogP contribution is -2.64. The number of hydrogen-bond donors (Lipinski definition) is 1. The van der Waals surface area contributed by atoms with Crippen molar-refractivity contribution >= 4 is 17.6 Å². The number of amides is 2. The molecule has 1 heterocycles. The smallest absolute Gasteiger partial charge is 0.312 e. The van der Waals surface area contributed by atoms with Gasteiger partial charge in [-0.3, -0.25) is 14.5 Å². The van der Waals surface area contributed by atoms with E-state index in [-0.39, 0.29) is 16.8 Å². The molecule has 180 valence electrons. The summed E-state index contributed by atoms with van der Waals surface area (Å²) in [6, 6.07) is 14.3. The zero-order valence-corrected chi connectivity index (χ0v) is 19.4. The van der Waals surface area contributed by atoms with E-state index < -0.39 is 29.7 Å². The number of hydrogen-bond acceptors (Lipinski definition) is 3. The Balaban J connectivity index is 1.75. The molecule has 0 spiro atoms. The van der Waals surface area contributed by atoms with Crippen molar-refractivity contribution < 1.29 is 22.8 Å². The van der Waals surface area contributed by atoms with Crippen molar-refractivity contribution in [3.05, 3.63) is 71.3 Å². The first-order chi connectivity index (χ1) is 15.9. The van der Waals surface area contributed by atoms with Gasteiger partial charge < -0.3 is 5.32 Å². The Bertz CT molecular complexity index is 1100. The zero-order valence-electron chi connectivity index (χ0n) is 19.4. The van der Waals surface area contributed by atoms with Gasteiger partial charge in [0.25, 0.3) is 11.8 Å². The summed E-state index contributed by atoms with van der Waals surface area (Å²) in [5.41, 5.74) is -2.19. The number of benzene rings is 2. The highest BCUT2D eigenvalue weighted by Crippen LogP contribution is 2.41. The van der Waals surface area contributed by atoms with Crippen molar-refractivity contribution in [2.45, 2.75) is 69.8 Å². The maximum atomic E-state index is 14.5. The molecule has 1 aliphatic heterocycles. The Morgan fingerprint density at radius 1 is 1.00 bits per heavy atom. The molecule has 2 amide bonds. The lowest BCUT2D eigenvalue weighted by Gasteiger charge is -2.31. The first-order valence-corrected chi connectivity index (χ1v) is 11.4. The van der Waals surface area contributed by atoms with E-state index in [2.05, 4.69) is 4.99 Å². The van der Waals surface area contributed by atoms with Gasteiger partial charge in [0, 0.05) is 17.2 Å². The van der Waals surface area contributed by atoms with Gasteiger partial charge in [0.05, 0.1) is 0 Å². The fourth-order valence-corrected chi connectivity index (χ4v) is 4.52. The van der Waals surface area contributed by atoms with E-state index in [1.54, 1.807) is 42.5 Å². The molecule has 1 N–H and O–H groups in total. The van der Waals surface area contributed by atoms with Crippen LogP contribution in [-0.4, -0.2) is 40.4 Å². The summed E-state index contributed by atoms with van der Waals surface area (Å²) >= 11 is 0.